The van der Waals surface area contributed by atoms with E-state index in [1.165, 1.54) is 0 Å². The van der Waals surface area contributed by atoms with Crippen molar-refractivity contribution < 1.29 is 14.7 Å². The van der Waals surface area contributed by atoms with E-state index in [0.717, 1.165) is 10.6 Å². The van der Waals surface area contributed by atoms with Crippen molar-refractivity contribution in [3.05, 3.63) is 65.7 Å². The van der Waals surface area contributed by atoms with E-state index in [0.29, 0.717) is 23.3 Å². The van der Waals surface area contributed by atoms with Crippen LogP contribution in [-0.4, -0.2) is 45.6 Å². The number of hydrogen-bond acceptors (Lipinski definition) is 4. The standard InChI is InChI=1S/C22H28O3S2/c1-4-27(3,17(2)16-23)21(24)14-15-26-20-12-10-19(11-13-20)22(25)18-8-6-5-7-9-18/h5-13,17,23H,4,14-16H2,1-3H3. The molecule has 146 valence electrons. The van der Waals surface area contributed by atoms with E-state index in [1.807, 2.05) is 74.7 Å². The number of hydrogen-bond donors (Lipinski definition) is 1. The van der Waals surface area contributed by atoms with Crippen LogP contribution >= 0.6 is 21.8 Å². The highest BCUT2D eigenvalue weighted by molar-refractivity contribution is 8.45. The first-order valence-corrected chi connectivity index (χ1v) is 12.4. The quantitative estimate of drug-likeness (QED) is 0.483. The lowest BCUT2D eigenvalue weighted by atomic mass is 10.0. The largest absolute Gasteiger partial charge is 0.395 e. The first kappa shape index (κ1) is 21.7. The number of ketones is 1. The molecule has 0 radical (unpaired) electrons. The highest BCUT2D eigenvalue weighted by Gasteiger charge is 2.30. The topological polar surface area (TPSA) is 54.4 Å². The van der Waals surface area contributed by atoms with Crippen molar-refractivity contribution in [2.75, 3.05) is 24.4 Å². The molecule has 0 bridgehead atoms. The monoisotopic (exact) mass is 404 g/mol. The Hall–Kier alpha value is -1.56. The summed E-state index contributed by atoms with van der Waals surface area (Å²) in [6.45, 7) is 4.07. The molecule has 27 heavy (non-hydrogen) atoms. The molecule has 2 aromatic carbocycles. The van der Waals surface area contributed by atoms with Gasteiger partial charge in [-0.05, 0) is 36.3 Å². The Kier molecular flexibility index (Phi) is 8.14. The summed E-state index contributed by atoms with van der Waals surface area (Å²) >= 11 is 1.63. The average Bonchev–Trinajstić information content (AvgIpc) is 2.73. The molecule has 0 aliphatic carbocycles. The third-order valence-electron chi connectivity index (χ3n) is 4.99. The van der Waals surface area contributed by atoms with Gasteiger partial charge in [0.25, 0.3) is 0 Å². The Labute approximate surface area is 167 Å². The summed E-state index contributed by atoms with van der Waals surface area (Å²) in [5, 5.41) is 9.77. The highest BCUT2D eigenvalue weighted by atomic mass is 32.3. The number of carbonyl (C=O) groups is 2. The molecular weight excluding hydrogens is 376 g/mol. The number of carbonyl (C=O) groups excluding carboxylic acids is 2. The maximum absolute atomic E-state index is 12.7. The Morgan fingerprint density at radius 2 is 1.63 bits per heavy atom. The molecule has 2 aromatic rings. The van der Waals surface area contributed by atoms with E-state index in [-0.39, 0.29) is 22.8 Å². The van der Waals surface area contributed by atoms with Crippen molar-refractivity contribution >= 4 is 32.7 Å². The summed E-state index contributed by atoms with van der Waals surface area (Å²) in [6, 6.07) is 16.8. The van der Waals surface area contributed by atoms with Gasteiger partial charge in [-0.2, -0.15) is 10.0 Å². The zero-order valence-corrected chi connectivity index (χ0v) is 17.8. The number of aliphatic hydroxyl groups is 1. The van der Waals surface area contributed by atoms with Crippen LogP contribution in [0.5, 0.6) is 0 Å². The lowest BCUT2D eigenvalue weighted by Crippen LogP contribution is -2.27. The molecular formula is C22H28O3S2. The van der Waals surface area contributed by atoms with Gasteiger partial charge in [-0.1, -0.05) is 44.2 Å². The van der Waals surface area contributed by atoms with Crippen LogP contribution < -0.4 is 0 Å². The molecule has 0 heterocycles. The van der Waals surface area contributed by atoms with E-state index < -0.39 is 10.0 Å². The molecule has 2 rings (SSSR count). The van der Waals surface area contributed by atoms with E-state index >= 15 is 0 Å². The molecule has 3 nitrogen and oxygen atoms in total. The van der Waals surface area contributed by atoms with E-state index in [4.69, 9.17) is 0 Å². The first-order chi connectivity index (χ1) is 12.9. The van der Waals surface area contributed by atoms with E-state index in [1.54, 1.807) is 11.8 Å². The van der Waals surface area contributed by atoms with Crippen LogP contribution in [0.4, 0.5) is 0 Å². The van der Waals surface area contributed by atoms with Gasteiger partial charge in [-0.3, -0.25) is 9.59 Å². The molecule has 0 aliphatic heterocycles. The van der Waals surface area contributed by atoms with Gasteiger partial charge in [0.1, 0.15) is 0 Å². The van der Waals surface area contributed by atoms with Crippen LogP contribution in [0.25, 0.3) is 0 Å². The molecule has 1 N–H and O–H groups in total. The summed E-state index contributed by atoms with van der Waals surface area (Å²) in [6.07, 6.45) is 2.55. The average molecular weight is 405 g/mol. The third kappa shape index (κ3) is 5.47. The Bertz CT molecular complexity index is 759. The fourth-order valence-corrected chi connectivity index (χ4v) is 6.00. The van der Waals surface area contributed by atoms with Crippen molar-refractivity contribution in [1.82, 2.24) is 0 Å². The van der Waals surface area contributed by atoms with E-state index in [9.17, 15) is 14.7 Å². The fourth-order valence-electron chi connectivity index (χ4n) is 2.78. The second-order valence-electron chi connectivity index (χ2n) is 6.63. The highest BCUT2D eigenvalue weighted by Crippen LogP contribution is 2.50. The maximum atomic E-state index is 12.7. The number of benzene rings is 2. The predicted octanol–water partition coefficient (Wildman–Crippen LogP) is 4.76. The van der Waals surface area contributed by atoms with Gasteiger partial charge in [-0.15, -0.1) is 11.8 Å². The molecule has 0 spiro atoms. The van der Waals surface area contributed by atoms with Crippen molar-refractivity contribution in [1.29, 1.82) is 0 Å². The predicted molar refractivity (Wildman–Crippen MR) is 117 cm³/mol. The second-order valence-corrected chi connectivity index (χ2v) is 11.9. The van der Waals surface area contributed by atoms with Crippen molar-refractivity contribution in [2.45, 2.75) is 30.4 Å². The van der Waals surface area contributed by atoms with Gasteiger partial charge in [0.15, 0.2) is 10.9 Å². The molecule has 2 atom stereocenters. The molecule has 0 aromatic heterocycles. The Morgan fingerprint density at radius 3 is 2.19 bits per heavy atom. The first-order valence-electron chi connectivity index (χ1n) is 9.13. The zero-order valence-electron chi connectivity index (χ0n) is 16.2. The molecule has 0 amide bonds. The summed E-state index contributed by atoms with van der Waals surface area (Å²) in [5.74, 6) is 1.54. The molecule has 5 heteroatoms. The summed E-state index contributed by atoms with van der Waals surface area (Å²) in [7, 11) is -1.43. The van der Waals surface area contributed by atoms with Crippen LogP contribution in [-0.2, 0) is 4.79 Å². The van der Waals surface area contributed by atoms with Gasteiger partial charge in [0, 0.05) is 33.4 Å². The molecule has 0 aliphatic rings. The minimum absolute atomic E-state index is 0.0163. The molecule has 0 fully saturated rings. The van der Waals surface area contributed by atoms with E-state index in [2.05, 4.69) is 0 Å². The lowest BCUT2D eigenvalue weighted by molar-refractivity contribution is -0.111. The van der Waals surface area contributed by atoms with Crippen molar-refractivity contribution in [3.8, 4) is 0 Å². The SMILES string of the molecule is CCS(C)(C(=O)CCSc1ccc(C(=O)c2ccccc2)cc1)C(C)CO. The van der Waals surface area contributed by atoms with Gasteiger partial charge >= 0.3 is 0 Å². The van der Waals surface area contributed by atoms with Crippen LogP contribution in [0, 0.1) is 0 Å². The third-order valence-corrected chi connectivity index (χ3v) is 10.4. The number of thioether (sulfide) groups is 1. The second kappa shape index (κ2) is 10.1. The normalized spacial score (nSPS) is 15.6. The van der Waals surface area contributed by atoms with Gasteiger partial charge in [-0.25, -0.2) is 0 Å². The van der Waals surface area contributed by atoms with Crippen molar-refractivity contribution in [3.63, 3.8) is 0 Å². The summed E-state index contributed by atoms with van der Waals surface area (Å²) in [4.78, 5) is 26.1. The number of aliphatic hydroxyl groups excluding tert-OH is 1. The zero-order chi connectivity index (χ0) is 19.9. The molecule has 2 unspecified atom stereocenters. The minimum atomic E-state index is -1.43. The minimum Gasteiger partial charge on any atom is -0.395 e. The fraction of sp³-hybridized carbons (Fsp3) is 0.364. The summed E-state index contributed by atoms with van der Waals surface area (Å²) < 4.78 is 0. The summed E-state index contributed by atoms with van der Waals surface area (Å²) in [5.41, 5.74) is 1.35. The van der Waals surface area contributed by atoms with Crippen LogP contribution in [0.1, 0.15) is 36.2 Å². The Balaban J connectivity index is 1.92. The van der Waals surface area contributed by atoms with Crippen LogP contribution in [0.3, 0.4) is 0 Å². The van der Waals surface area contributed by atoms with Gasteiger partial charge in [0.2, 0.25) is 0 Å². The van der Waals surface area contributed by atoms with Gasteiger partial charge in [0.05, 0.1) is 6.61 Å². The molecule has 0 saturated carbocycles. The lowest BCUT2D eigenvalue weighted by Gasteiger charge is -2.38. The number of rotatable bonds is 9. The van der Waals surface area contributed by atoms with Crippen molar-refractivity contribution in [2.24, 2.45) is 0 Å². The Morgan fingerprint density at radius 1 is 1.04 bits per heavy atom. The maximum Gasteiger partial charge on any atom is 0.193 e. The smallest absolute Gasteiger partial charge is 0.193 e. The molecule has 0 saturated heterocycles. The van der Waals surface area contributed by atoms with Crippen LogP contribution in [0.2, 0.25) is 0 Å². The van der Waals surface area contributed by atoms with Crippen LogP contribution in [0.15, 0.2) is 59.5 Å². The van der Waals surface area contributed by atoms with Gasteiger partial charge < -0.3 is 5.11 Å².